The van der Waals surface area contributed by atoms with Crippen LogP contribution in [0.1, 0.15) is 24.3 Å². The zero-order valence-electron chi connectivity index (χ0n) is 8.11. The summed E-state index contributed by atoms with van der Waals surface area (Å²) in [5.74, 6) is 0.558. The molecule has 14 heavy (non-hydrogen) atoms. The Labute approximate surface area is 84.6 Å². The zero-order valence-corrected chi connectivity index (χ0v) is 8.11. The van der Waals surface area contributed by atoms with Crippen molar-refractivity contribution in [1.29, 1.82) is 5.26 Å². The molecule has 1 aliphatic heterocycles. The Morgan fingerprint density at radius 2 is 2.07 bits per heavy atom. The highest BCUT2D eigenvalue weighted by molar-refractivity contribution is 5.21. The van der Waals surface area contributed by atoms with Gasteiger partial charge in [-0.3, -0.25) is 0 Å². The van der Waals surface area contributed by atoms with Gasteiger partial charge in [-0.2, -0.15) is 5.26 Å². The van der Waals surface area contributed by atoms with E-state index in [0.29, 0.717) is 5.92 Å². The normalized spacial score (nSPS) is 26.8. The van der Waals surface area contributed by atoms with E-state index in [1.165, 1.54) is 5.56 Å². The Hall–Kier alpha value is -1.33. The molecule has 1 aromatic rings. The van der Waals surface area contributed by atoms with Gasteiger partial charge in [-0.1, -0.05) is 30.3 Å². The third-order valence-corrected chi connectivity index (χ3v) is 2.83. The first-order valence-electron chi connectivity index (χ1n) is 5.08. The summed E-state index contributed by atoms with van der Waals surface area (Å²) < 4.78 is 0. The summed E-state index contributed by atoms with van der Waals surface area (Å²) in [5, 5.41) is 12.1. The monoisotopic (exact) mass is 186 g/mol. The molecule has 1 fully saturated rings. The first kappa shape index (κ1) is 9.23. The Kier molecular flexibility index (Phi) is 2.81. The Bertz CT molecular complexity index is 326. The Morgan fingerprint density at radius 3 is 2.79 bits per heavy atom. The van der Waals surface area contributed by atoms with Crippen LogP contribution in [0.25, 0.3) is 0 Å². The quantitative estimate of drug-likeness (QED) is 0.728. The molecule has 0 bridgehead atoms. The molecule has 2 rings (SSSR count). The van der Waals surface area contributed by atoms with Crippen LogP contribution < -0.4 is 5.32 Å². The van der Waals surface area contributed by atoms with Crippen molar-refractivity contribution in [2.75, 3.05) is 6.54 Å². The first-order chi connectivity index (χ1) is 6.90. The highest BCUT2D eigenvalue weighted by atomic mass is 14.9. The van der Waals surface area contributed by atoms with Crippen LogP contribution in [-0.2, 0) is 0 Å². The maximum absolute atomic E-state index is 8.84. The third kappa shape index (κ3) is 1.94. The summed E-state index contributed by atoms with van der Waals surface area (Å²) >= 11 is 0. The molecule has 0 radical (unpaired) electrons. The van der Waals surface area contributed by atoms with Crippen molar-refractivity contribution >= 4 is 0 Å². The van der Waals surface area contributed by atoms with Crippen molar-refractivity contribution in [2.45, 2.75) is 24.8 Å². The van der Waals surface area contributed by atoms with Crippen molar-refractivity contribution in [1.82, 2.24) is 5.32 Å². The summed E-state index contributed by atoms with van der Waals surface area (Å²) in [6.07, 6.45) is 2.09. The highest BCUT2D eigenvalue weighted by Gasteiger charge is 2.21. The van der Waals surface area contributed by atoms with Gasteiger partial charge in [0.15, 0.2) is 0 Å². The molecule has 0 spiro atoms. The van der Waals surface area contributed by atoms with Crippen LogP contribution in [0.4, 0.5) is 0 Å². The van der Waals surface area contributed by atoms with Crippen molar-refractivity contribution in [3.8, 4) is 6.07 Å². The molecule has 2 unspecified atom stereocenters. The van der Waals surface area contributed by atoms with Gasteiger partial charge in [0.25, 0.3) is 0 Å². The predicted octanol–water partition coefficient (Wildman–Crippen LogP) is 2.05. The molecule has 0 aromatic heterocycles. The van der Waals surface area contributed by atoms with Gasteiger partial charge in [0, 0.05) is 0 Å². The topological polar surface area (TPSA) is 35.8 Å². The average molecular weight is 186 g/mol. The fraction of sp³-hybridized carbons (Fsp3) is 0.417. The Balaban J connectivity index is 2.09. The molecule has 2 nitrogen and oxygen atoms in total. The van der Waals surface area contributed by atoms with Crippen LogP contribution in [0, 0.1) is 11.3 Å². The number of nitriles is 1. The largest absolute Gasteiger partial charge is 0.302 e. The standard InChI is InChI=1S/C12H14N2/c13-9-12-8-11(6-7-14-12)10-4-2-1-3-5-10/h1-5,11-12,14H,6-8H2. The summed E-state index contributed by atoms with van der Waals surface area (Å²) in [4.78, 5) is 0. The van der Waals surface area contributed by atoms with Crippen molar-refractivity contribution < 1.29 is 0 Å². The van der Waals surface area contributed by atoms with E-state index in [1.807, 2.05) is 6.07 Å². The average Bonchev–Trinajstić information content (AvgIpc) is 2.30. The number of benzene rings is 1. The maximum Gasteiger partial charge on any atom is 0.0958 e. The Morgan fingerprint density at radius 1 is 1.29 bits per heavy atom. The molecule has 0 amide bonds. The van der Waals surface area contributed by atoms with Gasteiger partial charge in [0.2, 0.25) is 0 Å². The van der Waals surface area contributed by atoms with Gasteiger partial charge < -0.3 is 5.32 Å². The van der Waals surface area contributed by atoms with E-state index in [4.69, 9.17) is 5.26 Å². The summed E-state index contributed by atoms with van der Waals surface area (Å²) in [7, 11) is 0. The lowest BCUT2D eigenvalue weighted by Crippen LogP contribution is -2.36. The lowest BCUT2D eigenvalue weighted by Gasteiger charge is -2.26. The molecule has 2 heteroatoms. The third-order valence-electron chi connectivity index (χ3n) is 2.83. The smallest absolute Gasteiger partial charge is 0.0958 e. The van der Waals surface area contributed by atoms with Crippen molar-refractivity contribution in [3.63, 3.8) is 0 Å². The van der Waals surface area contributed by atoms with Gasteiger partial charge >= 0.3 is 0 Å². The number of nitrogens with zero attached hydrogens (tertiary/aromatic N) is 1. The molecule has 0 aliphatic carbocycles. The molecule has 1 aliphatic rings. The molecule has 1 heterocycles. The number of piperidine rings is 1. The van der Waals surface area contributed by atoms with Gasteiger partial charge in [-0.05, 0) is 30.9 Å². The number of hydrogen-bond donors (Lipinski definition) is 1. The van der Waals surface area contributed by atoms with Gasteiger partial charge in [0.1, 0.15) is 0 Å². The van der Waals surface area contributed by atoms with Crippen molar-refractivity contribution in [3.05, 3.63) is 35.9 Å². The first-order valence-corrected chi connectivity index (χ1v) is 5.08. The lowest BCUT2D eigenvalue weighted by molar-refractivity contribution is 0.411. The minimum atomic E-state index is 0.0361. The second kappa shape index (κ2) is 4.26. The fourth-order valence-electron chi connectivity index (χ4n) is 2.04. The number of rotatable bonds is 1. The summed E-state index contributed by atoms with van der Waals surface area (Å²) in [6.45, 7) is 0.956. The van der Waals surface area contributed by atoms with Crippen LogP contribution in [0.5, 0.6) is 0 Å². The molecule has 2 atom stereocenters. The summed E-state index contributed by atoms with van der Waals surface area (Å²) in [5.41, 5.74) is 1.37. The van der Waals surface area contributed by atoms with Gasteiger partial charge in [0.05, 0.1) is 12.1 Å². The zero-order chi connectivity index (χ0) is 9.80. The second-order valence-corrected chi connectivity index (χ2v) is 3.77. The van der Waals surface area contributed by atoms with Crippen LogP contribution in [0.3, 0.4) is 0 Å². The molecule has 1 saturated heterocycles. The molecule has 0 saturated carbocycles. The van der Waals surface area contributed by atoms with E-state index < -0.39 is 0 Å². The van der Waals surface area contributed by atoms with E-state index >= 15 is 0 Å². The predicted molar refractivity (Wildman–Crippen MR) is 55.8 cm³/mol. The van der Waals surface area contributed by atoms with E-state index in [-0.39, 0.29) is 6.04 Å². The highest BCUT2D eigenvalue weighted by Crippen LogP contribution is 2.26. The molecule has 72 valence electrons. The summed E-state index contributed by atoms with van der Waals surface area (Å²) in [6, 6.07) is 12.8. The van der Waals surface area contributed by atoms with E-state index in [1.54, 1.807) is 0 Å². The van der Waals surface area contributed by atoms with Crippen LogP contribution in [0.15, 0.2) is 30.3 Å². The SMILES string of the molecule is N#CC1CC(c2ccccc2)CCN1. The van der Waals surface area contributed by atoms with Gasteiger partial charge in [-0.25, -0.2) is 0 Å². The van der Waals surface area contributed by atoms with Crippen LogP contribution in [-0.4, -0.2) is 12.6 Å². The minimum absolute atomic E-state index is 0.0361. The number of hydrogen-bond acceptors (Lipinski definition) is 2. The van der Waals surface area contributed by atoms with Crippen LogP contribution >= 0.6 is 0 Å². The fourth-order valence-corrected chi connectivity index (χ4v) is 2.04. The van der Waals surface area contributed by atoms with Gasteiger partial charge in [-0.15, -0.1) is 0 Å². The second-order valence-electron chi connectivity index (χ2n) is 3.77. The molecular formula is C12H14N2. The van der Waals surface area contributed by atoms with Crippen LogP contribution in [0.2, 0.25) is 0 Å². The number of nitrogens with one attached hydrogen (secondary N) is 1. The van der Waals surface area contributed by atoms with E-state index in [9.17, 15) is 0 Å². The molecule has 1 aromatic carbocycles. The van der Waals surface area contributed by atoms with E-state index in [0.717, 1.165) is 19.4 Å². The molecule has 1 N–H and O–H groups in total. The van der Waals surface area contributed by atoms with Crippen molar-refractivity contribution in [2.24, 2.45) is 0 Å². The lowest BCUT2D eigenvalue weighted by atomic mass is 9.87. The minimum Gasteiger partial charge on any atom is -0.302 e. The molecular weight excluding hydrogens is 172 g/mol. The van der Waals surface area contributed by atoms with E-state index in [2.05, 4.69) is 35.7 Å². The maximum atomic E-state index is 8.84.